The first-order chi connectivity index (χ1) is 9.04. The van der Waals surface area contributed by atoms with Crippen molar-refractivity contribution in [1.82, 2.24) is 9.97 Å². The molecule has 0 amide bonds. The van der Waals surface area contributed by atoms with Crippen LogP contribution in [0.25, 0.3) is 0 Å². The number of rotatable bonds is 4. The zero-order valence-electron chi connectivity index (χ0n) is 11.6. The van der Waals surface area contributed by atoms with Crippen molar-refractivity contribution in [3.8, 4) is 0 Å². The maximum atomic E-state index is 5.89. The molecule has 19 heavy (non-hydrogen) atoms. The van der Waals surface area contributed by atoms with Gasteiger partial charge in [-0.1, -0.05) is 18.2 Å². The third-order valence-corrected chi connectivity index (χ3v) is 3.66. The molecule has 0 saturated heterocycles. The highest BCUT2D eigenvalue weighted by atomic mass is 32.2. The lowest BCUT2D eigenvalue weighted by Gasteiger charge is -2.10. The topological polar surface area (TPSA) is 51.8 Å². The second kappa shape index (κ2) is 6.17. The first kappa shape index (κ1) is 14.0. The quantitative estimate of drug-likeness (QED) is 0.870. The van der Waals surface area contributed by atoms with E-state index in [0.29, 0.717) is 0 Å². The van der Waals surface area contributed by atoms with Crippen molar-refractivity contribution in [3.63, 3.8) is 0 Å². The SMILES string of the molecule is Cc1cc(C)nc(Sc2ccccc2CC(C)N)n1. The average Bonchev–Trinajstić information content (AvgIpc) is 2.29. The van der Waals surface area contributed by atoms with E-state index in [9.17, 15) is 0 Å². The minimum Gasteiger partial charge on any atom is -0.328 e. The summed E-state index contributed by atoms with van der Waals surface area (Å²) < 4.78 is 0. The molecule has 1 aromatic carbocycles. The van der Waals surface area contributed by atoms with Crippen LogP contribution in [-0.4, -0.2) is 16.0 Å². The molecule has 2 N–H and O–H groups in total. The Morgan fingerprint density at radius 1 is 1.16 bits per heavy atom. The fraction of sp³-hybridized carbons (Fsp3) is 0.333. The Morgan fingerprint density at radius 3 is 2.42 bits per heavy atom. The highest BCUT2D eigenvalue weighted by Gasteiger charge is 2.08. The van der Waals surface area contributed by atoms with Gasteiger partial charge in [0, 0.05) is 22.3 Å². The third kappa shape index (κ3) is 4.04. The molecular formula is C15H19N3S. The summed E-state index contributed by atoms with van der Waals surface area (Å²) in [5.74, 6) is 0. The van der Waals surface area contributed by atoms with E-state index in [1.807, 2.05) is 39.0 Å². The summed E-state index contributed by atoms with van der Waals surface area (Å²) in [6.45, 7) is 6.01. The highest BCUT2D eigenvalue weighted by Crippen LogP contribution is 2.28. The number of hydrogen-bond donors (Lipinski definition) is 1. The molecule has 0 aliphatic carbocycles. The van der Waals surface area contributed by atoms with Gasteiger partial charge in [0.15, 0.2) is 5.16 Å². The monoisotopic (exact) mass is 273 g/mol. The van der Waals surface area contributed by atoms with Crippen LogP contribution in [-0.2, 0) is 6.42 Å². The number of nitrogens with two attached hydrogens (primary N) is 1. The van der Waals surface area contributed by atoms with Gasteiger partial charge in [-0.05, 0) is 56.7 Å². The minimum atomic E-state index is 0.155. The minimum absolute atomic E-state index is 0.155. The van der Waals surface area contributed by atoms with Crippen molar-refractivity contribution in [2.24, 2.45) is 5.73 Å². The van der Waals surface area contributed by atoms with Crippen LogP contribution in [0.2, 0.25) is 0 Å². The zero-order chi connectivity index (χ0) is 13.8. The molecule has 2 aromatic rings. The molecule has 3 nitrogen and oxygen atoms in total. The Hall–Kier alpha value is -1.39. The van der Waals surface area contributed by atoms with Gasteiger partial charge in [0.25, 0.3) is 0 Å². The van der Waals surface area contributed by atoms with Crippen LogP contribution in [0, 0.1) is 13.8 Å². The van der Waals surface area contributed by atoms with Crippen molar-refractivity contribution in [3.05, 3.63) is 47.3 Å². The number of aromatic nitrogens is 2. The molecule has 0 bridgehead atoms. The molecule has 2 rings (SSSR count). The van der Waals surface area contributed by atoms with Gasteiger partial charge in [-0.2, -0.15) is 0 Å². The summed E-state index contributed by atoms with van der Waals surface area (Å²) in [4.78, 5) is 10.1. The summed E-state index contributed by atoms with van der Waals surface area (Å²) in [5, 5.41) is 0.801. The van der Waals surface area contributed by atoms with Crippen LogP contribution in [0.4, 0.5) is 0 Å². The maximum absolute atomic E-state index is 5.89. The van der Waals surface area contributed by atoms with Crippen molar-refractivity contribution in [2.75, 3.05) is 0 Å². The lowest BCUT2D eigenvalue weighted by molar-refractivity contribution is 0.729. The number of benzene rings is 1. The van der Waals surface area contributed by atoms with Gasteiger partial charge in [0.05, 0.1) is 0 Å². The molecule has 1 unspecified atom stereocenters. The van der Waals surface area contributed by atoms with Gasteiger partial charge in [0.2, 0.25) is 0 Å². The number of nitrogens with zero attached hydrogens (tertiary/aromatic N) is 2. The predicted molar refractivity (Wildman–Crippen MR) is 79.4 cm³/mol. The van der Waals surface area contributed by atoms with Crippen molar-refractivity contribution in [2.45, 2.75) is 43.3 Å². The van der Waals surface area contributed by atoms with Gasteiger partial charge in [-0.25, -0.2) is 9.97 Å². The van der Waals surface area contributed by atoms with E-state index < -0.39 is 0 Å². The third-order valence-electron chi connectivity index (χ3n) is 2.68. The van der Waals surface area contributed by atoms with Gasteiger partial charge in [-0.3, -0.25) is 0 Å². The van der Waals surface area contributed by atoms with E-state index in [2.05, 4.69) is 22.1 Å². The molecule has 100 valence electrons. The molecule has 0 aliphatic rings. The Bertz CT molecular complexity index is 547. The molecule has 0 fully saturated rings. The van der Waals surface area contributed by atoms with E-state index in [1.165, 1.54) is 10.5 Å². The van der Waals surface area contributed by atoms with Crippen LogP contribution < -0.4 is 5.73 Å². The molecule has 0 saturated carbocycles. The number of aryl methyl sites for hydroxylation is 2. The van der Waals surface area contributed by atoms with Crippen LogP contribution in [0.1, 0.15) is 23.9 Å². The van der Waals surface area contributed by atoms with E-state index >= 15 is 0 Å². The summed E-state index contributed by atoms with van der Waals surface area (Å²) in [5.41, 5.74) is 9.15. The average molecular weight is 273 g/mol. The molecule has 0 spiro atoms. The van der Waals surface area contributed by atoms with Gasteiger partial charge in [0.1, 0.15) is 0 Å². The lowest BCUT2D eigenvalue weighted by Crippen LogP contribution is -2.18. The summed E-state index contributed by atoms with van der Waals surface area (Å²) >= 11 is 1.61. The molecular weight excluding hydrogens is 254 g/mol. The first-order valence-electron chi connectivity index (χ1n) is 6.38. The highest BCUT2D eigenvalue weighted by molar-refractivity contribution is 7.99. The predicted octanol–water partition coefficient (Wildman–Crippen LogP) is 3.13. The summed E-state index contributed by atoms with van der Waals surface area (Å²) in [7, 11) is 0. The van der Waals surface area contributed by atoms with E-state index in [0.717, 1.165) is 23.0 Å². The standard InChI is InChI=1S/C15H19N3S/c1-10(16)8-13-6-4-5-7-14(13)19-15-17-11(2)9-12(3)18-15/h4-7,9-10H,8,16H2,1-3H3. The summed E-state index contributed by atoms with van der Waals surface area (Å²) in [6.07, 6.45) is 0.869. The van der Waals surface area contributed by atoms with E-state index in [-0.39, 0.29) is 6.04 Å². The van der Waals surface area contributed by atoms with Crippen LogP contribution in [0.15, 0.2) is 40.4 Å². The van der Waals surface area contributed by atoms with E-state index in [1.54, 1.807) is 11.8 Å². The lowest BCUT2D eigenvalue weighted by atomic mass is 10.1. The van der Waals surface area contributed by atoms with Gasteiger partial charge < -0.3 is 5.73 Å². The first-order valence-corrected chi connectivity index (χ1v) is 7.20. The van der Waals surface area contributed by atoms with E-state index in [4.69, 9.17) is 5.73 Å². The normalized spacial score (nSPS) is 12.4. The molecule has 1 aromatic heterocycles. The van der Waals surface area contributed by atoms with Gasteiger partial charge in [-0.15, -0.1) is 0 Å². The zero-order valence-corrected chi connectivity index (χ0v) is 12.4. The van der Waals surface area contributed by atoms with Crippen LogP contribution >= 0.6 is 11.8 Å². The molecule has 0 aliphatic heterocycles. The van der Waals surface area contributed by atoms with Crippen molar-refractivity contribution in [1.29, 1.82) is 0 Å². The van der Waals surface area contributed by atoms with Crippen LogP contribution in [0.3, 0.4) is 0 Å². The second-order valence-electron chi connectivity index (χ2n) is 4.82. The smallest absolute Gasteiger partial charge is 0.192 e. The maximum Gasteiger partial charge on any atom is 0.192 e. The molecule has 4 heteroatoms. The Kier molecular flexibility index (Phi) is 4.56. The number of hydrogen-bond acceptors (Lipinski definition) is 4. The van der Waals surface area contributed by atoms with Crippen LogP contribution in [0.5, 0.6) is 0 Å². The van der Waals surface area contributed by atoms with Crippen molar-refractivity contribution < 1.29 is 0 Å². The van der Waals surface area contributed by atoms with Crippen molar-refractivity contribution >= 4 is 11.8 Å². The summed E-state index contributed by atoms with van der Waals surface area (Å²) in [6, 6.07) is 10.4. The molecule has 1 atom stereocenters. The fourth-order valence-corrected chi connectivity index (χ4v) is 2.96. The Labute approximate surface area is 118 Å². The largest absolute Gasteiger partial charge is 0.328 e. The van der Waals surface area contributed by atoms with Gasteiger partial charge >= 0.3 is 0 Å². The Balaban J connectivity index is 2.27. The molecule has 0 radical (unpaired) electrons. The second-order valence-corrected chi connectivity index (χ2v) is 5.83. The Morgan fingerprint density at radius 2 is 1.79 bits per heavy atom. The molecule has 1 heterocycles. The fourth-order valence-electron chi connectivity index (χ4n) is 1.96.